The minimum atomic E-state index is 0. The summed E-state index contributed by atoms with van der Waals surface area (Å²) in [5, 5.41) is 2.03. The van der Waals surface area contributed by atoms with Crippen molar-refractivity contribution in [3.63, 3.8) is 0 Å². The molecule has 3 heteroatoms. The summed E-state index contributed by atoms with van der Waals surface area (Å²) >= 11 is 1.53. The smallest absolute Gasteiger partial charge is 0 e. The molecular weight excluding hydrogens is 304 g/mol. The van der Waals surface area contributed by atoms with E-state index in [9.17, 15) is 0 Å². The summed E-state index contributed by atoms with van der Waals surface area (Å²) < 4.78 is 0. The monoisotopic (exact) mass is 313 g/mol. The molecule has 0 unspecified atom stereocenters. The average molecular weight is 312 g/mol. The fourth-order valence-corrected chi connectivity index (χ4v) is 1.11. The quantitative estimate of drug-likeness (QED) is 0.724. The maximum atomic E-state index is 4.01. The van der Waals surface area contributed by atoms with Gasteiger partial charge in [-0.3, -0.25) is 11.3 Å². The van der Waals surface area contributed by atoms with E-state index in [1.54, 1.807) is 0 Å². The number of rotatable bonds is 1. The van der Waals surface area contributed by atoms with Crippen LogP contribution in [-0.2, 0) is 20.4 Å². The van der Waals surface area contributed by atoms with Crippen LogP contribution in [0.1, 0.15) is 25.5 Å². The molecule has 0 atom stereocenters. The number of aromatic nitrogens is 1. The average Bonchev–Trinajstić information content (AvgIpc) is 2.12. The van der Waals surface area contributed by atoms with Gasteiger partial charge in [0.25, 0.3) is 0 Å². The second-order valence-electron chi connectivity index (χ2n) is 2.02. The van der Waals surface area contributed by atoms with Gasteiger partial charge in [-0.1, -0.05) is 19.8 Å². The zero-order valence-electron chi connectivity index (χ0n) is 5.39. The Morgan fingerprint density at radius 3 is 2.56 bits per heavy atom. The number of nitrogens with zero attached hydrogens (tertiary/aromatic N) is 1. The van der Waals surface area contributed by atoms with Gasteiger partial charge in [0, 0.05) is 20.4 Å². The Morgan fingerprint density at radius 2 is 2.33 bits per heavy atom. The van der Waals surface area contributed by atoms with E-state index in [4.69, 9.17) is 0 Å². The van der Waals surface area contributed by atoms with E-state index in [1.165, 1.54) is 11.3 Å². The van der Waals surface area contributed by atoms with Crippen molar-refractivity contribution in [3.8, 4) is 0 Å². The summed E-state index contributed by atoms with van der Waals surface area (Å²) in [5.74, 6) is 0.553. The van der Waals surface area contributed by atoms with Crippen LogP contribution in [0.5, 0.6) is 0 Å². The topological polar surface area (TPSA) is 12.9 Å². The van der Waals surface area contributed by atoms with Gasteiger partial charge in [0.2, 0.25) is 0 Å². The Morgan fingerprint density at radius 1 is 1.67 bits per heavy atom. The van der Waals surface area contributed by atoms with Crippen molar-refractivity contribution >= 4 is 11.3 Å². The van der Waals surface area contributed by atoms with E-state index in [1.807, 2.05) is 5.38 Å². The molecule has 51 valence electrons. The van der Waals surface area contributed by atoms with Gasteiger partial charge in [0.15, 0.2) is 0 Å². The minimum Gasteiger partial charge on any atom is -0.391 e. The van der Waals surface area contributed by atoms with Crippen LogP contribution >= 0.6 is 11.3 Å². The Balaban J connectivity index is 0.000000640. The van der Waals surface area contributed by atoms with Crippen LogP contribution in [-0.4, -0.2) is 4.98 Å². The van der Waals surface area contributed by atoms with E-state index in [0.717, 1.165) is 5.69 Å². The van der Waals surface area contributed by atoms with Crippen LogP contribution in [0.3, 0.4) is 0 Å². The van der Waals surface area contributed by atoms with Crippen molar-refractivity contribution in [3.05, 3.63) is 16.6 Å². The first kappa shape index (κ1) is 9.29. The third-order valence-corrected chi connectivity index (χ3v) is 1.55. The Hall–Kier alpha value is 0.292. The molecule has 1 heterocycles. The van der Waals surface area contributed by atoms with Crippen LogP contribution in [0.2, 0.25) is 0 Å². The van der Waals surface area contributed by atoms with Crippen LogP contribution in [0.25, 0.3) is 0 Å². The van der Waals surface area contributed by atoms with Crippen molar-refractivity contribution in [1.29, 1.82) is 0 Å². The third kappa shape index (κ3) is 2.57. The Labute approximate surface area is 73.2 Å². The van der Waals surface area contributed by atoms with E-state index in [2.05, 4.69) is 24.3 Å². The molecule has 9 heavy (non-hydrogen) atoms. The molecule has 1 aromatic rings. The van der Waals surface area contributed by atoms with Gasteiger partial charge in [0.1, 0.15) is 0 Å². The molecule has 0 fully saturated rings. The van der Waals surface area contributed by atoms with Crippen molar-refractivity contribution in [2.75, 3.05) is 0 Å². The first-order valence-electron chi connectivity index (χ1n) is 2.62. The SMILES string of the molecule is CC(C)c1cs[c-]n1.[Re]. The van der Waals surface area contributed by atoms with Gasteiger partial charge < -0.3 is 4.98 Å². The number of hydrogen-bond donors (Lipinski definition) is 0. The summed E-state index contributed by atoms with van der Waals surface area (Å²) in [7, 11) is 0. The normalized spacial score (nSPS) is 9.22. The van der Waals surface area contributed by atoms with Gasteiger partial charge in [-0.05, 0) is 5.51 Å². The molecule has 0 N–H and O–H groups in total. The maximum absolute atomic E-state index is 4.01. The molecule has 0 aliphatic carbocycles. The molecule has 0 aliphatic heterocycles. The molecule has 0 spiro atoms. The molecule has 1 nitrogen and oxygen atoms in total. The molecule has 0 aromatic carbocycles. The zero-order chi connectivity index (χ0) is 5.98. The van der Waals surface area contributed by atoms with E-state index in [0.29, 0.717) is 5.92 Å². The molecule has 0 bridgehead atoms. The van der Waals surface area contributed by atoms with Crippen LogP contribution < -0.4 is 0 Å². The molecule has 0 saturated carbocycles. The number of hydrogen-bond acceptors (Lipinski definition) is 2. The zero-order valence-corrected chi connectivity index (χ0v) is 8.92. The molecule has 0 amide bonds. The molecule has 1 radical (unpaired) electrons. The van der Waals surface area contributed by atoms with Crippen molar-refractivity contribution in [2.45, 2.75) is 19.8 Å². The van der Waals surface area contributed by atoms with Gasteiger partial charge in [0.05, 0.1) is 0 Å². The third-order valence-electron chi connectivity index (χ3n) is 0.999. The number of thiazole rings is 1. The van der Waals surface area contributed by atoms with Crippen molar-refractivity contribution in [2.24, 2.45) is 0 Å². The minimum absolute atomic E-state index is 0. The molecule has 1 aromatic heterocycles. The summed E-state index contributed by atoms with van der Waals surface area (Å²) in [6.45, 7) is 4.26. The summed E-state index contributed by atoms with van der Waals surface area (Å²) in [6.07, 6.45) is 0. The Kier molecular flexibility index (Phi) is 4.30. The van der Waals surface area contributed by atoms with Crippen LogP contribution in [0, 0.1) is 5.51 Å². The van der Waals surface area contributed by atoms with Crippen LogP contribution in [0.15, 0.2) is 5.38 Å². The molecule has 0 saturated heterocycles. The maximum Gasteiger partial charge on any atom is 0 e. The largest absolute Gasteiger partial charge is 0.391 e. The Bertz CT molecular complexity index is 148. The summed E-state index contributed by atoms with van der Waals surface area (Å²) in [6, 6.07) is 0. The predicted molar refractivity (Wildman–Crippen MR) is 35.0 cm³/mol. The molecular formula is C6H8NReS-. The predicted octanol–water partition coefficient (Wildman–Crippen LogP) is 2.06. The van der Waals surface area contributed by atoms with E-state index < -0.39 is 0 Å². The second kappa shape index (κ2) is 4.16. The fraction of sp³-hybridized carbons (Fsp3) is 0.500. The van der Waals surface area contributed by atoms with Gasteiger partial charge >= 0.3 is 0 Å². The van der Waals surface area contributed by atoms with Gasteiger partial charge in [-0.15, -0.1) is 11.1 Å². The van der Waals surface area contributed by atoms with E-state index in [-0.39, 0.29) is 20.4 Å². The van der Waals surface area contributed by atoms with Crippen LogP contribution in [0.4, 0.5) is 0 Å². The van der Waals surface area contributed by atoms with Gasteiger partial charge in [-0.25, -0.2) is 0 Å². The summed E-state index contributed by atoms with van der Waals surface area (Å²) in [4.78, 5) is 4.01. The molecule has 1 rings (SSSR count). The fourth-order valence-electron chi connectivity index (χ4n) is 0.457. The van der Waals surface area contributed by atoms with E-state index >= 15 is 0 Å². The molecule has 0 aliphatic rings. The van der Waals surface area contributed by atoms with Crippen molar-refractivity contribution < 1.29 is 20.4 Å². The first-order chi connectivity index (χ1) is 3.80. The summed E-state index contributed by atoms with van der Waals surface area (Å²) in [5.41, 5.74) is 3.95. The second-order valence-corrected chi connectivity index (χ2v) is 2.67. The first-order valence-corrected chi connectivity index (χ1v) is 3.50. The van der Waals surface area contributed by atoms with Gasteiger partial charge in [-0.2, -0.15) is 0 Å². The van der Waals surface area contributed by atoms with Crippen molar-refractivity contribution in [1.82, 2.24) is 4.98 Å². The standard InChI is InChI=1S/C6H8NS.Re/c1-5(2)6-3-8-4-7-6;/h3,5H,1-2H3;/q-1;.